The molecule has 0 saturated heterocycles. The number of hydrogen-bond acceptors (Lipinski definition) is 2. The van der Waals surface area contributed by atoms with Gasteiger partial charge in [-0.05, 0) is 49.6 Å². The van der Waals surface area contributed by atoms with Gasteiger partial charge in [-0.2, -0.15) is 0 Å². The lowest BCUT2D eigenvalue weighted by Crippen LogP contribution is -2.05. The number of benzene rings is 2. The number of anilines is 1. The first-order valence-corrected chi connectivity index (χ1v) is 6.61. The molecule has 0 atom stereocenters. The minimum Gasteiger partial charge on any atom is -0.478 e. The number of aromatic carboxylic acids is 1. The zero-order valence-corrected chi connectivity index (χ0v) is 12.0. The third kappa shape index (κ3) is 3.18. The Morgan fingerprint density at radius 2 is 1.75 bits per heavy atom. The monoisotopic (exact) mass is 269 g/mol. The van der Waals surface area contributed by atoms with E-state index < -0.39 is 5.97 Å². The molecule has 2 aromatic rings. The lowest BCUT2D eigenvalue weighted by molar-refractivity contribution is 0.0697. The highest BCUT2D eigenvalue weighted by atomic mass is 16.4. The van der Waals surface area contributed by atoms with Crippen molar-refractivity contribution in [1.29, 1.82) is 0 Å². The largest absolute Gasteiger partial charge is 0.478 e. The van der Waals surface area contributed by atoms with Gasteiger partial charge < -0.3 is 10.4 Å². The third-order valence-electron chi connectivity index (χ3n) is 3.32. The summed E-state index contributed by atoms with van der Waals surface area (Å²) in [6, 6.07) is 11.3. The fourth-order valence-corrected chi connectivity index (χ4v) is 2.46. The Bertz CT molecular complexity index is 624. The van der Waals surface area contributed by atoms with E-state index in [4.69, 9.17) is 5.11 Å². The second kappa shape index (κ2) is 5.78. The molecule has 0 unspecified atom stereocenters. The molecule has 0 radical (unpaired) electrons. The Labute approximate surface area is 119 Å². The molecule has 0 bridgehead atoms. The Morgan fingerprint density at radius 3 is 2.35 bits per heavy atom. The maximum atomic E-state index is 11.0. The minimum absolute atomic E-state index is 0.321. The summed E-state index contributed by atoms with van der Waals surface area (Å²) in [6.07, 6.45) is 0. The van der Waals surface area contributed by atoms with Crippen molar-refractivity contribution in [3.63, 3.8) is 0 Å². The quantitative estimate of drug-likeness (QED) is 0.884. The molecule has 0 saturated carbocycles. The van der Waals surface area contributed by atoms with E-state index in [0.717, 1.165) is 11.3 Å². The first-order chi connectivity index (χ1) is 9.47. The van der Waals surface area contributed by atoms with Crippen LogP contribution in [0.25, 0.3) is 0 Å². The molecule has 0 aliphatic heterocycles. The van der Waals surface area contributed by atoms with E-state index in [2.05, 4.69) is 38.2 Å². The molecular formula is C17H19NO2. The number of carboxylic acids is 1. The second-order valence-corrected chi connectivity index (χ2v) is 5.13. The maximum absolute atomic E-state index is 11.0. The van der Waals surface area contributed by atoms with Crippen LogP contribution in [0.1, 0.15) is 32.6 Å². The predicted molar refractivity (Wildman–Crippen MR) is 81.4 cm³/mol. The van der Waals surface area contributed by atoms with Gasteiger partial charge in [0, 0.05) is 12.2 Å². The minimum atomic E-state index is -0.894. The summed E-state index contributed by atoms with van der Waals surface area (Å²) in [6.45, 7) is 6.86. The van der Waals surface area contributed by atoms with Crippen LogP contribution in [-0.2, 0) is 6.54 Å². The van der Waals surface area contributed by atoms with Gasteiger partial charge in [0.1, 0.15) is 0 Å². The average molecular weight is 269 g/mol. The van der Waals surface area contributed by atoms with Gasteiger partial charge in [0.25, 0.3) is 0 Å². The highest BCUT2D eigenvalue weighted by Crippen LogP contribution is 2.22. The van der Waals surface area contributed by atoms with Crippen LogP contribution in [0.3, 0.4) is 0 Å². The van der Waals surface area contributed by atoms with E-state index in [1.54, 1.807) is 18.2 Å². The van der Waals surface area contributed by atoms with E-state index in [-0.39, 0.29) is 0 Å². The molecule has 3 nitrogen and oxygen atoms in total. The van der Waals surface area contributed by atoms with Gasteiger partial charge in [-0.25, -0.2) is 4.79 Å². The molecule has 0 amide bonds. The van der Waals surface area contributed by atoms with E-state index in [1.165, 1.54) is 16.7 Å². The second-order valence-electron chi connectivity index (χ2n) is 5.13. The number of carbonyl (C=O) groups is 1. The van der Waals surface area contributed by atoms with Crippen molar-refractivity contribution in [2.24, 2.45) is 0 Å². The molecule has 20 heavy (non-hydrogen) atoms. The van der Waals surface area contributed by atoms with Gasteiger partial charge in [-0.3, -0.25) is 0 Å². The third-order valence-corrected chi connectivity index (χ3v) is 3.32. The molecule has 2 rings (SSSR count). The Hall–Kier alpha value is -2.29. The van der Waals surface area contributed by atoms with Crippen molar-refractivity contribution in [1.82, 2.24) is 0 Å². The average Bonchev–Trinajstić information content (AvgIpc) is 2.37. The summed E-state index contributed by atoms with van der Waals surface area (Å²) in [5, 5.41) is 12.4. The van der Waals surface area contributed by atoms with E-state index in [0.29, 0.717) is 12.1 Å². The molecule has 0 fully saturated rings. The first-order valence-electron chi connectivity index (χ1n) is 6.61. The topological polar surface area (TPSA) is 49.3 Å². The molecule has 0 heterocycles. The van der Waals surface area contributed by atoms with Crippen LogP contribution in [0.4, 0.5) is 5.69 Å². The van der Waals surface area contributed by atoms with Gasteiger partial charge in [-0.1, -0.05) is 29.8 Å². The van der Waals surface area contributed by atoms with E-state index >= 15 is 0 Å². The van der Waals surface area contributed by atoms with Crippen LogP contribution >= 0.6 is 0 Å². The summed E-state index contributed by atoms with van der Waals surface area (Å²) in [5.74, 6) is -0.894. The normalized spacial score (nSPS) is 10.3. The lowest BCUT2D eigenvalue weighted by Gasteiger charge is -2.14. The Morgan fingerprint density at radius 1 is 1.10 bits per heavy atom. The molecule has 3 heteroatoms. The van der Waals surface area contributed by atoms with Crippen LogP contribution in [0.15, 0.2) is 36.4 Å². The summed E-state index contributed by atoms with van der Waals surface area (Å²) in [4.78, 5) is 11.0. The molecular weight excluding hydrogens is 250 g/mol. The van der Waals surface area contributed by atoms with Gasteiger partial charge in [0.2, 0.25) is 0 Å². The number of aryl methyl sites for hydroxylation is 3. The highest BCUT2D eigenvalue weighted by molar-refractivity contribution is 5.87. The van der Waals surface area contributed by atoms with Crippen LogP contribution in [-0.4, -0.2) is 11.1 Å². The van der Waals surface area contributed by atoms with Crippen molar-refractivity contribution in [2.45, 2.75) is 27.3 Å². The van der Waals surface area contributed by atoms with Crippen molar-refractivity contribution in [3.8, 4) is 0 Å². The number of nitrogens with one attached hydrogen (secondary N) is 1. The molecule has 2 N–H and O–H groups in total. The van der Waals surface area contributed by atoms with Gasteiger partial charge in [0.05, 0.1) is 5.56 Å². The summed E-state index contributed by atoms with van der Waals surface area (Å²) in [5.41, 5.74) is 6.06. The molecule has 0 aliphatic rings. The lowest BCUT2D eigenvalue weighted by atomic mass is 10.0. The van der Waals surface area contributed by atoms with E-state index in [1.807, 2.05) is 6.07 Å². The van der Waals surface area contributed by atoms with Gasteiger partial charge >= 0.3 is 5.97 Å². The smallest absolute Gasteiger partial charge is 0.335 e. The molecule has 0 aliphatic carbocycles. The molecule has 0 aromatic heterocycles. The van der Waals surface area contributed by atoms with Crippen LogP contribution in [0.5, 0.6) is 0 Å². The van der Waals surface area contributed by atoms with Crippen LogP contribution in [0, 0.1) is 20.8 Å². The van der Waals surface area contributed by atoms with Crippen molar-refractivity contribution >= 4 is 11.7 Å². The van der Waals surface area contributed by atoms with Crippen LogP contribution < -0.4 is 5.32 Å². The summed E-state index contributed by atoms with van der Waals surface area (Å²) in [7, 11) is 0. The van der Waals surface area contributed by atoms with Gasteiger partial charge in [0.15, 0.2) is 0 Å². The van der Waals surface area contributed by atoms with E-state index in [9.17, 15) is 4.79 Å². The van der Waals surface area contributed by atoms with Crippen molar-refractivity contribution < 1.29 is 9.90 Å². The van der Waals surface area contributed by atoms with Gasteiger partial charge in [-0.15, -0.1) is 0 Å². The first kappa shape index (κ1) is 14.1. The summed E-state index contributed by atoms with van der Waals surface area (Å²) >= 11 is 0. The number of hydrogen-bond donors (Lipinski definition) is 2. The zero-order chi connectivity index (χ0) is 14.7. The van der Waals surface area contributed by atoms with Crippen molar-refractivity contribution in [3.05, 3.63) is 64.2 Å². The van der Waals surface area contributed by atoms with Crippen molar-refractivity contribution in [2.75, 3.05) is 5.32 Å². The molecule has 0 spiro atoms. The standard InChI is InChI=1S/C17H19NO2/c1-11-7-12(2)16(13(3)8-11)18-10-14-5-4-6-15(9-14)17(19)20/h4-9,18H,10H2,1-3H3,(H,19,20). The number of carboxylic acid groups (broad SMARTS) is 1. The maximum Gasteiger partial charge on any atom is 0.335 e. The number of rotatable bonds is 4. The highest BCUT2D eigenvalue weighted by Gasteiger charge is 2.05. The van der Waals surface area contributed by atoms with Crippen LogP contribution in [0.2, 0.25) is 0 Å². The zero-order valence-electron chi connectivity index (χ0n) is 12.0. The Balaban J connectivity index is 2.17. The molecule has 104 valence electrons. The Kier molecular flexibility index (Phi) is 4.08. The molecule has 2 aromatic carbocycles. The summed E-state index contributed by atoms with van der Waals surface area (Å²) < 4.78 is 0. The predicted octanol–water partition coefficient (Wildman–Crippen LogP) is 3.92. The fourth-order valence-electron chi connectivity index (χ4n) is 2.46. The fraction of sp³-hybridized carbons (Fsp3) is 0.235. The SMILES string of the molecule is Cc1cc(C)c(NCc2cccc(C(=O)O)c2)c(C)c1.